The Kier molecular flexibility index (Phi) is 3.20. The Bertz CT molecular complexity index is 500. The van der Waals surface area contributed by atoms with E-state index in [0.29, 0.717) is 12.2 Å². The lowest BCUT2D eigenvalue weighted by Crippen LogP contribution is -2.02. The van der Waals surface area contributed by atoms with E-state index in [1.54, 1.807) is 18.3 Å². The van der Waals surface area contributed by atoms with Crippen molar-refractivity contribution in [1.29, 1.82) is 0 Å². The van der Waals surface area contributed by atoms with Gasteiger partial charge in [0.1, 0.15) is 0 Å². The van der Waals surface area contributed by atoms with Gasteiger partial charge in [-0.3, -0.25) is 0 Å². The molecular formula is C10H9N5O2. The number of hydrogen-bond acceptors (Lipinski definition) is 6. The fourth-order valence-electron chi connectivity index (χ4n) is 1.22. The highest BCUT2D eigenvalue weighted by Crippen LogP contribution is 2.11. The Hall–Kier alpha value is -2.57. The Labute approximate surface area is 96.7 Å². The van der Waals surface area contributed by atoms with E-state index < -0.39 is 4.92 Å². The molecular weight excluding hydrogens is 222 g/mol. The molecule has 2 heterocycles. The molecule has 0 unspecified atom stereocenters. The molecule has 17 heavy (non-hydrogen) atoms. The Balaban J connectivity index is 1.98. The number of nitrogens with one attached hydrogen (secondary N) is 1. The van der Waals surface area contributed by atoms with E-state index in [1.165, 1.54) is 12.3 Å². The molecule has 0 bridgehead atoms. The van der Waals surface area contributed by atoms with E-state index in [-0.39, 0.29) is 5.82 Å². The molecule has 0 aliphatic heterocycles. The van der Waals surface area contributed by atoms with Crippen molar-refractivity contribution in [1.82, 2.24) is 15.2 Å². The van der Waals surface area contributed by atoms with Crippen molar-refractivity contribution in [2.45, 2.75) is 6.54 Å². The van der Waals surface area contributed by atoms with Crippen molar-refractivity contribution < 1.29 is 4.92 Å². The number of nitro groups is 1. The Morgan fingerprint density at radius 3 is 2.82 bits per heavy atom. The van der Waals surface area contributed by atoms with Crippen LogP contribution in [0.2, 0.25) is 0 Å². The summed E-state index contributed by atoms with van der Waals surface area (Å²) in [4.78, 5) is 13.6. The second-order valence-corrected chi connectivity index (χ2v) is 3.23. The summed E-state index contributed by atoms with van der Waals surface area (Å²) in [7, 11) is 0. The lowest BCUT2D eigenvalue weighted by atomic mass is 10.3. The maximum Gasteiger partial charge on any atom is 0.363 e. The van der Waals surface area contributed by atoms with Crippen molar-refractivity contribution in [3.8, 4) is 0 Å². The molecule has 0 fully saturated rings. The van der Waals surface area contributed by atoms with Crippen LogP contribution in [0.1, 0.15) is 5.69 Å². The van der Waals surface area contributed by atoms with Gasteiger partial charge >= 0.3 is 5.82 Å². The predicted octanol–water partition coefficient (Wildman–Crippen LogP) is 1.39. The zero-order chi connectivity index (χ0) is 12.1. The molecule has 0 saturated carbocycles. The molecule has 0 aliphatic carbocycles. The van der Waals surface area contributed by atoms with Crippen LogP contribution in [0.25, 0.3) is 0 Å². The summed E-state index contributed by atoms with van der Waals surface area (Å²) in [5.41, 5.74) is 1.48. The molecule has 0 atom stereocenters. The van der Waals surface area contributed by atoms with Gasteiger partial charge in [-0.25, -0.2) is 0 Å². The summed E-state index contributed by atoms with van der Waals surface area (Å²) < 4.78 is 0. The van der Waals surface area contributed by atoms with Crippen LogP contribution in [0.3, 0.4) is 0 Å². The van der Waals surface area contributed by atoms with Crippen molar-refractivity contribution in [3.63, 3.8) is 0 Å². The zero-order valence-corrected chi connectivity index (χ0v) is 8.78. The van der Waals surface area contributed by atoms with Gasteiger partial charge in [0, 0.05) is 12.3 Å². The minimum absolute atomic E-state index is 0.171. The summed E-state index contributed by atoms with van der Waals surface area (Å²) in [5.74, 6) is -0.171. The minimum atomic E-state index is -0.535. The Morgan fingerprint density at radius 1 is 1.35 bits per heavy atom. The molecule has 0 saturated heterocycles. The van der Waals surface area contributed by atoms with Gasteiger partial charge in [-0.05, 0) is 28.1 Å². The number of pyridine rings is 1. The van der Waals surface area contributed by atoms with Gasteiger partial charge in [0.25, 0.3) is 0 Å². The van der Waals surface area contributed by atoms with Crippen molar-refractivity contribution in [2.24, 2.45) is 0 Å². The molecule has 2 aromatic rings. The SMILES string of the molecule is O=[N+]([O-])c1ccc(NCc2cccnn2)cn1. The zero-order valence-electron chi connectivity index (χ0n) is 8.78. The molecule has 7 heteroatoms. The predicted molar refractivity (Wildman–Crippen MR) is 60.3 cm³/mol. The lowest BCUT2D eigenvalue weighted by Gasteiger charge is -2.02. The third-order valence-electron chi connectivity index (χ3n) is 2.04. The quantitative estimate of drug-likeness (QED) is 0.631. The van der Waals surface area contributed by atoms with Gasteiger partial charge < -0.3 is 15.4 Å². The van der Waals surface area contributed by atoms with Gasteiger partial charge in [0.15, 0.2) is 6.20 Å². The third-order valence-corrected chi connectivity index (χ3v) is 2.04. The summed E-state index contributed by atoms with van der Waals surface area (Å²) in [6.07, 6.45) is 3.01. The molecule has 2 aromatic heterocycles. The highest BCUT2D eigenvalue weighted by Gasteiger charge is 2.05. The number of anilines is 1. The van der Waals surface area contributed by atoms with E-state index in [1.807, 2.05) is 6.07 Å². The van der Waals surface area contributed by atoms with Crippen LogP contribution in [-0.4, -0.2) is 20.1 Å². The van der Waals surface area contributed by atoms with Crippen molar-refractivity contribution in [2.75, 3.05) is 5.32 Å². The monoisotopic (exact) mass is 231 g/mol. The molecule has 2 rings (SSSR count). The average Bonchev–Trinajstić information content (AvgIpc) is 2.38. The van der Waals surface area contributed by atoms with Crippen LogP contribution < -0.4 is 5.32 Å². The summed E-state index contributed by atoms with van der Waals surface area (Å²) in [5, 5.41) is 21.1. The van der Waals surface area contributed by atoms with Crippen LogP contribution >= 0.6 is 0 Å². The first kappa shape index (κ1) is 10.9. The van der Waals surface area contributed by atoms with Gasteiger partial charge in [0.2, 0.25) is 0 Å². The molecule has 0 aromatic carbocycles. The van der Waals surface area contributed by atoms with E-state index in [9.17, 15) is 10.1 Å². The smallest absolute Gasteiger partial charge is 0.363 e. The maximum absolute atomic E-state index is 10.4. The maximum atomic E-state index is 10.4. The van der Waals surface area contributed by atoms with Crippen molar-refractivity contribution >= 4 is 11.5 Å². The first-order chi connectivity index (χ1) is 8.25. The van der Waals surface area contributed by atoms with Gasteiger partial charge in [-0.15, -0.1) is 0 Å². The largest absolute Gasteiger partial charge is 0.376 e. The summed E-state index contributed by atoms with van der Waals surface area (Å²) in [6.45, 7) is 0.493. The van der Waals surface area contributed by atoms with Gasteiger partial charge in [0.05, 0.1) is 17.9 Å². The molecule has 0 spiro atoms. The van der Waals surface area contributed by atoms with E-state index in [0.717, 1.165) is 5.69 Å². The van der Waals surface area contributed by atoms with Gasteiger partial charge in [-0.2, -0.15) is 10.2 Å². The highest BCUT2D eigenvalue weighted by atomic mass is 16.6. The molecule has 0 aliphatic rings. The topological polar surface area (TPSA) is 93.8 Å². The second-order valence-electron chi connectivity index (χ2n) is 3.23. The molecule has 1 N–H and O–H groups in total. The lowest BCUT2D eigenvalue weighted by molar-refractivity contribution is -0.389. The first-order valence-electron chi connectivity index (χ1n) is 4.86. The molecule has 7 nitrogen and oxygen atoms in total. The van der Waals surface area contributed by atoms with E-state index >= 15 is 0 Å². The summed E-state index contributed by atoms with van der Waals surface area (Å²) >= 11 is 0. The van der Waals surface area contributed by atoms with Crippen LogP contribution in [0, 0.1) is 10.1 Å². The highest BCUT2D eigenvalue weighted by molar-refractivity contribution is 5.43. The van der Waals surface area contributed by atoms with Crippen molar-refractivity contribution in [3.05, 3.63) is 52.5 Å². The van der Waals surface area contributed by atoms with Gasteiger partial charge in [-0.1, -0.05) is 0 Å². The fraction of sp³-hybridized carbons (Fsp3) is 0.100. The number of nitrogens with zero attached hydrogens (tertiary/aromatic N) is 4. The van der Waals surface area contributed by atoms with Crippen LogP contribution in [-0.2, 0) is 6.54 Å². The molecule has 0 radical (unpaired) electrons. The normalized spacial score (nSPS) is 9.88. The number of aromatic nitrogens is 3. The average molecular weight is 231 g/mol. The molecule has 86 valence electrons. The third kappa shape index (κ3) is 2.94. The number of hydrogen-bond donors (Lipinski definition) is 1. The minimum Gasteiger partial charge on any atom is -0.376 e. The van der Waals surface area contributed by atoms with Crippen LogP contribution in [0.15, 0.2) is 36.7 Å². The summed E-state index contributed by atoms with van der Waals surface area (Å²) in [6, 6.07) is 6.57. The van der Waals surface area contributed by atoms with E-state index in [2.05, 4.69) is 20.5 Å². The van der Waals surface area contributed by atoms with Crippen LogP contribution in [0.5, 0.6) is 0 Å². The van der Waals surface area contributed by atoms with E-state index in [4.69, 9.17) is 0 Å². The number of rotatable bonds is 4. The standard InChI is InChI=1S/C10H9N5O2/c16-15(17)10-4-3-8(6-12-10)11-7-9-2-1-5-13-14-9/h1-6,11H,7H2. The van der Waals surface area contributed by atoms with Crippen LogP contribution in [0.4, 0.5) is 11.5 Å². The second kappa shape index (κ2) is 4.97. The first-order valence-corrected chi connectivity index (χ1v) is 4.86. The fourth-order valence-corrected chi connectivity index (χ4v) is 1.22. The Morgan fingerprint density at radius 2 is 2.24 bits per heavy atom. The molecule has 0 amide bonds.